The van der Waals surface area contributed by atoms with Crippen LogP contribution in [0.25, 0.3) is 10.2 Å². The van der Waals surface area contributed by atoms with Gasteiger partial charge < -0.3 is 9.30 Å². The number of amides is 1. The maximum absolute atomic E-state index is 12.5. The summed E-state index contributed by atoms with van der Waals surface area (Å²) >= 11 is 10.9. The van der Waals surface area contributed by atoms with Gasteiger partial charge in [-0.1, -0.05) is 22.9 Å². The molecule has 1 amide bonds. The maximum atomic E-state index is 12.5. The lowest BCUT2D eigenvalue weighted by atomic mass is 10.3. The van der Waals surface area contributed by atoms with Gasteiger partial charge in [-0.15, -0.1) is 11.8 Å². The Kier molecular flexibility index (Phi) is 8.53. The lowest BCUT2D eigenvalue weighted by Crippen LogP contribution is -2.18. The summed E-state index contributed by atoms with van der Waals surface area (Å²) in [6.45, 7) is 3.42. The van der Waals surface area contributed by atoms with Crippen LogP contribution in [0, 0.1) is 0 Å². The first kappa shape index (κ1) is 22.3. The largest absolute Gasteiger partial charge is 0.494 e. The van der Waals surface area contributed by atoms with E-state index in [9.17, 15) is 4.79 Å². The van der Waals surface area contributed by atoms with Gasteiger partial charge in [0.15, 0.2) is 4.80 Å². The number of hydrogen-bond donors (Lipinski definition) is 0. The van der Waals surface area contributed by atoms with Crippen LogP contribution in [0.5, 0.6) is 5.75 Å². The summed E-state index contributed by atoms with van der Waals surface area (Å²) in [4.78, 5) is 18.8. The highest BCUT2D eigenvalue weighted by molar-refractivity contribution is 7.99. The van der Waals surface area contributed by atoms with Crippen LogP contribution in [-0.2, 0) is 11.3 Å². The fourth-order valence-electron chi connectivity index (χ4n) is 2.74. The third-order valence-electron chi connectivity index (χ3n) is 4.10. The van der Waals surface area contributed by atoms with E-state index in [2.05, 4.69) is 21.9 Å². The quantitative estimate of drug-likeness (QED) is 0.378. The number of fused-ring (bicyclic) bond motifs is 1. The maximum Gasteiger partial charge on any atom is 0.249 e. The summed E-state index contributed by atoms with van der Waals surface area (Å²) in [5, 5.41) is 0.715. The van der Waals surface area contributed by atoms with Crippen LogP contribution < -0.4 is 9.54 Å². The number of rotatable bonds is 9. The summed E-state index contributed by atoms with van der Waals surface area (Å²) in [5.41, 5.74) is 1.09. The van der Waals surface area contributed by atoms with Crippen LogP contribution in [0.4, 0.5) is 0 Å². The molecule has 4 nitrogen and oxygen atoms in total. The molecule has 3 aromatic rings. The van der Waals surface area contributed by atoms with Crippen LogP contribution in [0.15, 0.2) is 52.4 Å². The minimum absolute atomic E-state index is 0.0963. The first-order valence-corrected chi connectivity index (χ1v) is 12.9. The number of hydrogen-bond acceptors (Lipinski definition) is 5. The molecule has 3 rings (SSSR count). The normalized spacial score (nSPS) is 11.9. The molecule has 2 aromatic carbocycles. The number of thiazole rings is 1. The summed E-state index contributed by atoms with van der Waals surface area (Å²) in [7, 11) is 0. The van der Waals surface area contributed by atoms with E-state index in [-0.39, 0.29) is 5.91 Å². The molecule has 0 fully saturated rings. The molecule has 1 aromatic heterocycles. The number of carbonyl (C=O) groups excluding carboxylic acids is 1. The van der Waals surface area contributed by atoms with Crippen LogP contribution in [-0.4, -0.2) is 34.8 Å². The van der Waals surface area contributed by atoms with Gasteiger partial charge in [0.2, 0.25) is 5.91 Å². The van der Waals surface area contributed by atoms with Gasteiger partial charge in [-0.05, 0) is 55.6 Å². The van der Waals surface area contributed by atoms with E-state index in [1.165, 1.54) is 11.3 Å². The molecule has 0 saturated heterocycles. The molecule has 0 aliphatic rings. The van der Waals surface area contributed by atoms with Gasteiger partial charge in [-0.25, -0.2) is 0 Å². The minimum Gasteiger partial charge on any atom is -0.494 e. The predicted octanol–water partition coefficient (Wildman–Crippen LogP) is 5.73. The number of carbonyl (C=O) groups is 1. The standard InChI is InChI=1S/C21H23ClN2O2S3/c1-3-26-16-6-9-18-19(14-16)29-21(24(18)11-13-27-2)23-20(25)10-12-28-17-7-4-15(22)5-8-17/h4-9,14H,3,10-13H2,1-2H3. The zero-order valence-corrected chi connectivity index (χ0v) is 19.6. The van der Waals surface area contributed by atoms with Gasteiger partial charge >= 0.3 is 0 Å². The van der Waals surface area contributed by atoms with Crippen molar-refractivity contribution in [3.05, 3.63) is 52.3 Å². The van der Waals surface area contributed by atoms with Crippen molar-refractivity contribution in [1.82, 2.24) is 4.57 Å². The highest BCUT2D eigenvalue weighted by atomic mass is 35.5. The first-order valence-electron chi connectivity index (χ1n) is 9.31. The van der Waals surface area contributed by atoms with Gasteiger partial charge in [0.25, 0.3) is 0 Å². The lowest BCUT2D eigenvalue weighted by Gasteiger charge is -2.05. The second-order valence-electron chi connectivity index (χ2n) is 6.15. The molecule has 0 bridgehead atoms. The van der Waals surface area contributed by atoms with Crippen molar-refractivity contribution < 1.29 is 9.53 Å². The SMILES string of the molecule is CCOc1ccc2c(c1)sc(=NC(=O)CCSc1ccc(Cl)cc1)n2CCSC. The molecule has 0 N–H and O–H groups in total. The number of halogens is 1. The summed E-state index contributed by atoms with van der Waals surface area (Å²) in [6.07, 6.45) is 2.48. The average Bonchev–Trinajstić information content (AvgIpc) is 3.04. The molecule has 29 heavy (non-hydrogen) atoms. The van der Waals surface area contributed by atoms with Crippen molar-refractivity contribution in [2.24, 2.45) is 4.99 Å². The van der Waals surface area contributed by atoms with E-state index in [0.717, 1.165) is 38.0 Å². The van der Waals surface area contributed by atoms with Gasteiger partial charge in [0.05, 0.1) is 16.8 Å². The monoisotopic (exact) mass is 466 g/mol. The summed E-state index contributed by atoms with van der Waals surface area (Å²) in [6, 6.07) is 13.7. The smallest absolute Gasteiger partial charge is 0.249 e. The first-order chi connectivity index (χ1) is 14.1. The molecule has 0 saturated carbocycles. The van der Waals surface area contributed by atoms with E-state index in [1.54, 1.807) is 23.5 Å². The molecule has 8 heteroatoms. The highest BCUT2D eigenvalue weighted by Gasteiger charge is 2.09. The Morgan fingerprint density at radius 3 is 2.72 bits per heavy atom. The van der Waals surface area contributed by atoms with Gasteiger partial charge in [-0.3, -0.25) is 4.79 Å². The minimum atomic E-state index is -0.0963. The lowest BCUT2D eigenvalue weighted by molar-refractivity contribution is -0.117. The summed E-state index contributed by atoms with van der Waals surface area (Å²) < 4.78 is 8.83. The molecule has 0 unspecified atom stereocenters. The molecule has 0 spiro atoms. The number of nitrogens with zero attached hydrogens (tertiary/aromatic N) is 2. The van der Waals surface area contributed by atoms with Gasteiger partial charge in [0.1, 0.15) is 5.75 Å². The molecule has 154 valence electrons. The topological polar surface area (TPSA) is 43.6 Å². The summed E-state index contributed by atoms with van der Waals surface area (Å²) in [5.74, 6) is 2.40. The van der Waals surface area contributed by atoms with Crippen molar-refractivity contribution >= 4 is 62.6 Å². The second kappa shape index (κ2) is 11.1. The average molecular weight is 467 g/mol. The fraction of sp³-hybridized carbons (Fsp3) is 0.333. The number of benzene rings is 2. The molecule has 0 aliphatic carbocycles. The highest BCUT2D eigenvalue weighted by Crippen LogP contribution is 2.24. The molecule has 0 radical (unpaired) electrons. The Labute approximate surface area is 188 Å². The van der Waals surface area contributed by atoms with E-state index < -0.39 is 0 Å². The van der Waals surface area contributed by atoms with Crippen LogP contribution >= 0.6 is 46.5 Å². The van der Waals surface area contributed by atoms with Crippen molar-refractivity contribution in [1.29, 1.82) is 0 Å². The van der Waals surface area contributed by atoms with Crippen molar-refractivity contribution in [2.45, 2.75) is 24.8 Å². The van der Waals surface area contributed by atoms with Crippen LogP contribution in [0.1, 0.15) is 13.3 Å². The zero-order valence-electron chi connectivity index (χ0n) is 16.4. The van der Waals surface area contributed by atoms with E-state index >= 15 is 0 Å². The molecule has 0 aliphatic heterocycles. The van der Waals surface area contributed by atoms with Crippen molar-refractivity contribution in [2.75, 3.05) is 24.4 Å². The third-order valence-corrected chi connectivity index (χ3v) is 7.00. The van der Waals surface area contributed by atoms with Crippen LogP contribution in [0.3, 0.4) is 0 Å². The third kappa shape index (κ3) is 6.28. The number of thioether (sulfide) groups is 2. The van der Waals surface area contributed by atoms with Crippen molar-refractivity contribution in [3.63, 3.8) is 0 Å². The number of aryl methyl sites for hydroxylation is 1. The van der Waals surface area contributed by atoms with Gasteiger partial charge in [0, 0.05) is 34.4 Å². The van der Waals surface area contributed by atoms with E-state index in [0.29, 0.717) is 23.8 Å². The second-order valence-corrected chi connectivity index (χ2v) is 9.75. The molecular formula is C21H23ClN2O2S3. The Bertz CT molecular complexity index is 1030. The molecule has 1 heterocycles. The molecular weight excluding hydrogens is 444 g/mol. The predicted molar refractivity (Wildman–Crippen MR) is 127 cm³/mol. The van der Waals surface area contributed by atoms with E-state index in [4.69, 9.17) is 16.3 Å². The fourth-order valence-corrected chi connectivity index (χ4v) is 5.18. The van der Waals surface area contributed by atoms with Crippen LogP contribution in [0.2, 0.25) is 5.02 Å². The Morgan fingerprint density at radius 2 is 2.00 bits per heavy atom. The number of ether oxygens (including phenoxy) is 1. The van der Waals surface area contributed by atoms with Gasteiger partial charge in [-0.2, -0.15) is 16.8 Å². The zero-order chi connectivity index (χ0) is 20.6. The Hall–Kier alpha value is -1.41. The van der Waals surface area contributed by atoms with E-state index in [1.807, 2.05) is 43.3 Å². The molecule has 0 atom stereocenters. The number of aromatic nitrogens is 1. The van der Waals surface area contributed by atoms with Crippen molar-refractivity contribution in [3.8, 4) is 5.75 Å². The Morgan fingerprint density at radius 1 is 1.21 bits per heavy atom. The Balaban J connectivity index is 1.77.